The van der Waals surface area contributed by atoms with Crippen molar-refractivity contribution in [2.24, 2.45) is 5.92 Å². The molecule has 1 heterocycles. The standard InChI is InChI=1S/C15H20N2O4/c1-10(2)13-14(18)17(15(19)16-13)7-8-21-12-6-4-5-11(9-12)20-3/h4-6,9-10,13H,7-8H2,1-3H3,(H,16,19). The van der Waals surface area contributed by atoms with Crippen LogP contribution in [0.25, 0.3) is 0 Å². The van der Waals surface area contributed by atoms with Gasteiger partial charge in [-0.15, -0.1) is 0 Å². The Bertz CT molecular complexity index is 530. The lowest BCUT2D eigenvalue weighted by Crippen LogP contribution is -2.36. The number of nitrogens with zero attached hydrogens (tertiary/aromatic N) is 1. The Labute approximate surface area is 124 Å². The molecule has 2 rings (SSSR count). The summed E-state index contributed by atoms with van der Waals surface area (Å²) in [7, 11) is 1.58. The van der Waals surface area contributed by atoms with Crippen molar-refractivity contribution >= 4 is 11.9 Å². The van der Waals surface area contributed by atoms with Crippen LogP contribution in [0.2, 0.25) is 0 Å². The molecular formula is C15H20N2O4. The van der Waals surface area contributed by atoms with E-state index in [1.54, 1.807) is 19.2 Å². The van der Waals surface area contributed by atoms with E-state index in [4.69, 9.17) is 9.47 Å². The third-order valence-corrected chi connectivity index (χ3v) is 3.35. The molecule has 1 aromatic rings. The number of methoxy groups -OCH3 is 1. The molecule has 1 saturated heterocycles. The minimum atomic E-state index is -0.436. The first-order chi connectivity index (χ1) is 10.0. The zero-order chi connectivity index (χ0) is 15.4. The lowest BCUT2D eigenvalue weighted by atomic mass is 10.1. The number of ether oxygens (including phenoxy) is 2. The fourth-order valence-corrected chi connectivity index (χ4v) is 2.15. The van der Waals surface area contributed by atoms with Gasteiger partial charge in [-0.3, -0.25) is 9.69 Å². The summed E-state index contributed by atoms with van der Waals surface area (Å²) in [6, 6.07) is 6.39. The lowest BCUT2D eigenvalue weighted by molar-refractivity contribution is -0.128. The van der Waals surface area contributed by atoms with Crippen LogP contribution in [0.1, 0.15) is 13.8 Å². The number of benzene rings is 1. The summed E-state index contributed by atoms with van der Waals surface area (Å²) in [6.45, 7) is 4.28. The van der Waals surface area contributed by atoms with Crippen molar-refractivity contribution < 1.29 is 19.1 Å². The van der Waals surface area contributed by atoms with Gasteiger partial charge in [-0.25, -0.2) is 4.79 Å². The molecule has 114 valence electrons. The topological polar surface area (TPSA) is 67.9 Å². The number of urea groups is 1. The molecule has 0 aromatic heterocycles. The monoisotopic (exact) mass is 292 g/mol. The molecule has 0 radical (unpaired) electrons. The van der Waals surface area contributed by atoms with Gasteiger partial charge in [-0.1, -0.05) is 19.9 Å². The van der Waals surface area contributed by atoms with Gasteiger partial charge in [0.25, 0.3) is 5.91 Å². The summed E-state index contributed by atoms with van der Waals surface area (Å²) in [6.07, 6.45) is 0. The van der Waals surface area contributed by atoms with Gasteiger partial charge >= 0.3 is 6.03 Å². The van der Waals surface area contributed by atoms with Gasteiger partial charge in [0.15, 0.2) is 0 Å². The number of carbonyl (C=O) groups is 2. The van der Waals surface area contributed by atoms with Crippen molar-refractivity contribution in [3.63, 3.8) is 0 Å². The highest BCUT2D eigenvalue weighted by molar-refractivity contribution is 6.04. The highest BCUT2D eigenvalue weighted by Crippen LogP contribution is 2.19. The molecule has 1 fully saturated rings. The zero-order valence-corrected chi connectivity index (χ0v) is 12.5. The molecule has 1 aliphatic rings. The SMILES string of the molecule is COc1cccc(OCCN2C(=O)NC(C(C)C)C2=O)c1. The molecule has 1 aliphatic heterocycles. The highest BCUT2D eigenvalue weighted by Gasteiger charge is 2.39. The van der Waals surface area contributed by atoms with Crippen molar-refractivity contribution in [1.29, 1.82) is 0 Å². The van der Waals surface area contributed by atoms with Gasteiger partial charge in [0.05, 0.1) is 13.7 Å². The number of amides is 3. The highest BCUT2D eigenvalue weighted by atomic mass is 16.5. The van der Waals surface area contributed by atoms with E-state index >= 15 is 0 Å². The van der Waals surface area contributed by atoms with Crippen LogP contribution in [0, 0.1) is 5.92 Å². The molecule has 3 amide bonds. The fourth-order valence-electron chi connectivity index (χ4n) is 2.15. The predicted octanol–water partition coefficient (Wildman–Crippen LogP) is 1.65. The number of nitrogens with one attached hydrogen (secondary N) is 1. The normalized spacial score (nSPS) is 18.1. The number of hydrogen-bond donors (Lipinski definition) is 1. The first kappa shape index (κ1) is 15.2. The van der Waals surface area contributed by atoms with Crippen LogP contribution in [-0.4, -0.2) is 43.1 Å². The van der Waals surface area contributed by atoms with Crippen molar-refractivity contribution in [1.82, 2.24) is 10.2 Å². The Balaban J connectivity index is 1.88. The van der Waals surface area contributed by atoms with Gasteiger partial charge in [0, 0.05) is 6.07 Å². The van der Waals surface area contributed by atoms with Crippen LogP contribution >= 0.6 is 0 Å². The van der Waals surface area contributed by atoms with Crippen LogP contribution in [0.15, 0.2) is 24.3 Å². The molecule has 6 nitrogen and oxygen atoms in total. The van der Waals surface area contributed by atoms with Crippen molar-refractivity contribution in [3.8, 4) is 11.5 Å². The smallest absolute Gasteiger partial charge is 0.324 e. The number of carbonyl (C=O) groups excluding carboxylic acids is 2. The summed E-state index contributed by atoms with van der Waals surface area (Å²) >= 11 is 0. The Morgan fingerprint density at radius 3 is 2.62 bits per heavy atom. The average molecular weight is 292 g/mol. The van der Waals surface area contributed by atoms with E-state index in [-0.39, 0.29) is 31.0 Å². The molecule has 0 spiro atoms. The Hall–Kier alpha value is -2.24. The van der Waals surface area contributed by atoms with Crippen LogP contribution < -0.4 is 14.8 Å². The van der Waals surface area contributed by atoms with Crippen LogP contribution in [-0.2, 0) is 4.79 Å². The predicted molar refractivity (Wildman–Crippen MR) is 77.4 cm³/mol. The van der Waals surface area contributed by atoms with Gasteiger partial charge in [0.2, 0.25) is 0 Å². The summed E-state index contributed by atoms with van der Waals surface area (Å²) in [5.41, 5.74) is 0. The van der Waals surface area contributed by atoms with E-state index in [1.165, 1.54) is 4.90 Å². The maximum atomic E-state index is 12.1. The summed E-state index contributed by atoms with van der Waals surface area (Å²) in [4.78, 5) is 25.0. The Kier molecular flexibility index (Phi) is 4.67. The number of hydrogen-bond acceptors (Lipinski definition) is 4. The minimum Gasteiger partial charge on any atom is -0.497 e. The average Bonchev–Trinajstić information content (AvgIpc) is 2.75. The third kappa shape index (κ3) is 3.45. The largest absolute Gasteiger partial charge is 0.497 e. The summed E-state index contributed by atoms with van der Waals surface area (Å²) in [5.74, 6) is 1.22. The number of rotatable bonds is 6. The molecule has 6 heteroatoms. The maximum Gasteiger partial charge on any atom is 0.324 e. The van der Waals surface area contributed by atoms with Crippen LogP contribution in [0.5, 0.6) is 11.5 Å². The Morgan fingerprint density at radius 2 is 2.00 bits per heavy atom. The lowest BCUT2D eigenvalue weighted by Gasteiger charge is -2.15. The fraction of sp³-hybridized carbons (Fsp3) is 0.467. The van der Waals surface area contributed by atoms with Crippen LogP contribution in [0.3, 0.4) is 0 Å². The van der Waals surface area contributed by atoms with Gasteiger partial charge in [0.1, 0.15) is 24.1 Å². The van der Waals surface area contributed by atoms with E-state index in [9.17, 15) is 9.59 Å². The van der Waals surface area contributed by atoms with Crippen molar-refractivity contribution in [2.75, 3.05) is 20.3 Å². The van der Waals surface area contributed by atoms with Gasteiger partial charge in [-0.05, 0) is 18.1 Å². The Morgan fingerprint density at radius 1 is 1.29 bits per heavy atom. The molecule has 0 saturated carbocycles. The quantitative estimate of drug-likeness (QED) is 0.810. The van der Waals surface area contributed by atoms with Crippen molar-refractivity contribution in [3.05, 3.63) is 24.3 Å². The second kappa shape index (κ2) is 6.47. The van der Waals surface area contributed by atoms with Crippen LogP contribution in [0.4, 0.5) is 4.79 Å². The van der Waals surface area contributed by atoms with E-state index in [1.807, 2.05) is 26.0 Å². The third-order valence-electron chi connectivity index (χ3n) is 3.35. The minimum absolute atomic E-state index is 0.0748. The molecular weight excluding hydrogens is 272 g/mol. The first-order valence-electron chi connectivity index (χ1n) is 6.91. The van der Waals surface area contributed by atoms with Gasteiger partial charge < -0.3 is 14.8 Å². The molecule has 1 N–H and O–H groups in total. The summed E-state index contributed by atoms with van der Waals surface area (Å²) in [5, 5.41) is 2.68. The zero-order valence-electron chi connectivity index (χ0n) is 12.5. The van der Waals surface area contributed by atoms with E-state index in [2.05, 4.69) is 5.32 Å². The van der Waals surface area contributed by atoms with Crippen molar-refractivity contribution in [2.45, 2.75) is 19.9 Å². The molecule has 1 aromatic carbocycles. The van der Waals surface area contributed by atoms with E-state index < -0.39 is 6.04 Å². The van der Waals surface area contributed by atoms with E-state index in [0.29, 0.717) is 11.5 Å². The summed E-state index contributed by atoms with van der Waals surface area (Å²) < 4.78 is 10.6. The molecule has 21 heavy (non-hydrogen) atoms. The second-order valence-corrected chi connectivity index (χ2v) is 5.19. The molecule has 1 unspecified atom stereocenters. The molecule has 1 atom stereocenters. The maximum absolute atomic E-state index is 12.1. The van der Waals surface area contributed by atoms with E-state index in [0.717, 1.165) is 0 Å². The second-order valence-electron chi connectivity index (χ2n) is 5.19. The number of imide groups is 1. The first-order valence-corrected chi connectivity index (χ1v) is 6.91. The van der Waals surface area contributed by atoms with Gasteiger partial charge in [-0.2, -0.15) is 0 Å². The molecule has 0 aliphatic carbocycles. The molecule has 0 bridgehead atoms.